The van der Waals surface area contributed by atoms with Gasteiger partial charge in [-0.15, -0.1) is 0 Å². The summed E-state index contributed by atoms with van der Waals surface area (Å²) in [6.45, 7) is 16.0. The van der Waals surface area contributed by atoms with Crippen LogP contribution in [0.1, 0.15) is 31.9 Å². The number of hydrogen-bond acceptors (Lipinski definition) is 5. The van der Waals surface area contributed by atoms with E-state index in [1.807, 2.05) is 0 Å². The zero-order valence-corrected chi connectivity index (χ0v) is 27.0. The first-order valence-electron chi connectivity index (χ1n) is 16.2. The minimum atomic E-state index is -0.0936. The van der Waals surface area contributed by atoms with E-state index < -0.39 is 0 Å². The van der Waals surface area contributed by atoms with Gasteiger partial charge in [-0.05, 0) is 42.1 Å². The molecule has 5 aromatic rings. The first-order valence-corrected chi connectivity index (χ1v) is 16.2. The lowest BCUT2D eigenvalue weighted by molar-refractivity contribution is -0.236. The molecule has 3 fully saturated rings. The second-order valence-corrected chi connectivity index (χ2v) is 14.8. The molecular weight excluding hydrogens is 560 g/mol. The first kappa shape index (κ1) is 28.8. The highest BCUT2D eigenvalue weighted by Gasteiger charge is 2.55. The summed E-state index contributed by atoms with van der Waals surface area (Å²) in [5, 5.41) is 6.86. The van der Waals surface area contributed by atoms with Crippen LogP contribution in [0.3, 0.4) is 0 Å². The number of rotatable bonds is 8. The van der Waals surface area contributed by atoms with Gasteiger partial charge in [-0.3, -0.25) is 0 Å². The Morgan fingerprint density at radius 3 is 1.87 bits per heavy atom. The summed E-state index contributed by atoms with van der Waals surface area (Å²) in [6.07, 6.45) is -0.0633. The van der Waals surface area contributed by atoms with Crippen molar-refractivity contribution >= 4 is 32.3 Å². The molecule has 3 saturated heterocycles. The summed E-state index contributed by atoms with van der Waals surface area (Å²) < 4.78 is 31.3. The molecule has 0 amide bonds. The van der Waals surface area contributed by atoms with Crippen LogP contribution in [0.2, 0.25) is 0 Å². The zero-order chi connectivity index (χ0) is 31.0. The summed E-state index contributed by atoms with van der Waals surface area (Å²) >= 11 is 0. The molecule has 0 bridgehead atoms. The molecule has 232 valence electrons. The Balaban J connectivity index is 1.40. The van der Waals surface area contributed by atoms with Gasteiger partial charge in [0.2, 0.25) is 0 Å². The van der Waals surface area contributed by atoms with Crippen molar-refractivity contribution in [3.63, 3.8) is 0 Å². The molecule has 0 aromatic heterocycles. The van der Waals surface area contributed by atoms with Crippen LogP contribution in [0.5, 0.6) is 11.5 Å². The minimum absolute atomic E-state index is 0.0307. The molecule has 0 atom stereocenters. The Morgan fingerprint density at radius 2 is 1.24 bits per heavy atom. The predicted octanol–water partition coefficient (Wildman–Crippen LogP) is 8.67. The third-order valence-electron chi connectivity index (χ3n) is 10.2. The van der Waals surface area contributed by atoms with E-state index in [1.165, 1.54) is 22.1 Å². The van der Waals surface area contributed by atoms with Crippen molar-refractivity contribution < 1.29 is 23.7 Å². The second kappa shape index (κ2) is 10.4. The highest BCUT2D eigenvalue weighted by atomic mass is 16.5. The maximum absolute atomic E-state index is 7.42. The lowest BCUT2D eigenvalue weighted by Crippen LogP contribution is -2.63. The summed E-state index contributed by atoms with van der Waals surface area (Å²) in [5.74, 6) is 1.87. The lowest BCUT2D eigenvalue weighted by Gasteiger charge is -2.54. The maximum atomic E-state index is 7.42. The molecule has 5 nitrogen and oxygen atoms in total. The average Bonchev–Trinajstić information content (AvgIpc) is 2.99. The average molecular weight is 603 g/mol. The van der Waals surface area contributed by atoms with Crippen molar-refractivity contribution in [1.29, 1.82) is 0 Å². The quantitative estimate of drug-likeness (QED) is 0.166. The molecule has 0 spiro atoms. The van der Waals surface area contributed by atoms with E-state index in [0.29, 0.717) is 33.0 Å². The third-order valence-corrected chi connectivity index (χ3v) is 10.2. The summed E-state index contributed by atoms with van der Waals surface area (Å²) in [4.78, 5) is 0. The van der Waals surface area contributed by atoms with E-state index >= 15 is 0 Å². The molecule has 0 radical (unpaired) electrons. The van der Waals surface area contributed by atoms with Crippen molar-refractivity contribution in [3.8, 4) is 22.6 Å². The highest BCUT2D eigenvalue weighted by molar-refractivity contribution is 6.19. The van der Waals surface area contributed by atoms with Gasteiger partial charge in [0.1, 0.15) is 17.6 Å². The maximum Gasteiger partial charge on any atom is 0.135 e. The first-order chi connectivity index (χ1) is 21.7. The molecule has 45 heavy (non-hydrogen) atoms. The van der Waals surface area contributed by atoms with Gasteiger partial charge < -0.3 is 23.7 Å². The van der Waals surface area contributed by atoms with Crippen molar-refractivity contribution in [2.45, 2.75) is 40.7 Å². The number of aryl methyl sites for hydroxylation is 2. The predicted molar refractivity (Wildman–Crippen MR) is 181 cm³/mol. The van der Waals surface area contributed by atoms with E-state index in [4.69, 9.17) is 23.7 Å². The van der Waals surface area contributed by atoms with E-state index in [2.05, 4.69) is 107 Å². The number of ether oxygens (including phenoxy) is 5. The Bertz CT molecular complexity index is 1930. The Labute approximate surface area is 265 Å². The Hall–Kier alpha value is -3.64. The van der Waals surface area contributed by atoms with Crippen LogP contribution in [0, 0.1) is 30.1 Å². The van der Waals surface area contributed by atoms with Crippen molar-refractivity contribution in [2.24, 2.45) is 16.2 Å². The van der Waals surface area contributed by atoms with Gasteiger partial charge in [-0.25, -0.2) is 0 Å². The number of hydrogen-bond donors (Lipinski definition) is 0. The fraction of sp³-hybridized carbons (Fsp3) is 0.400. The molecule has 0 aliphatic carbocycles. The summed E-state index contributed by atoms with van der Waals surface area (Å²) in [6, 6.07) is 26.6. The molecule has 5 aromatic carbocycles. The summed E-state index contributed by atoms with van der Waals surface area (Å²) in [5.41, 5.74) is 4.53. The Kier molecular flexibility index (Phi) is 6.69. The molecular formula is C40H42O5. The van der Waals surface area contributed by atoms with Crippen molar-refractivity contribution in [2.75, 3.05) is 46.2 Å². The molecule has 3 heterocycles. The molecule has 3 aliphatic rings. The van der Waals surface area contributed by atoms with Gasteiger partial charge >= 0.3 is 0 Å². The van der Waals surface area contributed by atoms with Crippen LogP contribution in [-0.2, 0) is 14.2 Å². The van der Waals surface area contributed by atoms with Crippen LogP contribution in [0.15, 0.2) is 72.8 Å². The smallest absolute Gasteiger partial charge is 0.135 e. The molecule has 0 N–H and O–H groups in total. The monoisotopic (exact) mass is 602 g/mol. The van der Waals surface area contributed by atoms with Gasteiger partial charge in [-0.2, -0.15) is 0 Å². The zero-order valence-electron chi connectivity index (χ0n) is 27.0. The summed E-state index contributed by atoms with van der Waals surface area (Å²) in [7, 11) is 0. The lowest BCUT2D eigenvalue weighted by atomic mass is 9.67. The second-order valence-electron chi connectivity index (χ2n) is 14.8. The Morgan fingerprint density at radius 1 is 0.622 bits per heavy atom. The standard InChI is InChI=1S/C40H42O5/c1-25-11-14-30-32(16-25)34(29-13-10-26(2)17-33(29)35(30)44-20-38(3)18-41-19-38)31-15-12-27-8-6-7-9-28(27)36(31)45-37(39(4)21-42-22-39)40(5)23-43-24-40/h6-17,37H,18-24H2,1-5H3. The van der Waals surface area contributed by atoms with Crippen molar-refractivity contribution in [3.05, 3.63) is 83.9 Å². The van der Waals surface area contributed by atoms with Crippen LogP contribution in [0.25, 0.3) is 43.4 Å². The largest absolute Gasteiger partial charge is 0.492 e. The van der Waals surface area contributed by atoms with Crippen LogP contribution in [-0.4, -0.2) is 52.4 Å². The van der Waals surface area contributed by atoms with Crippen LogP contribution < -0.4 is 9.47 Å². The van der Waals surface area contributed by atoms with Gasteiger partial charge in [0.15, 0.2) is 0 Å². The molecule has 8 rings (SSSR count). The fourth-order valence-electron chi connectivity index (χ4n) is 7.60. The molecule has 3 aliphatic heterocycles. The molecule has 0 saturated carbocycles. The highest BCUT2D eigenvalue weighted by Crippen LogP contribution is 2.52. The van der Waals surface area contributed by atoms with Gasteiger partial charge in [0.25, 0.3) is 0 Å². The van der Waals surface area contributed by atoms with Crippen molar-refractivity contribution in [1.82, 2.24) is 0 Å². The topological polar surface area (TPSA) is 46.2 Å². The van der Waals surface area contributed by atoms with Gasteiger partial charge in [-0.1, -0.05) is 92.6 Å². The normalized spacial score (nSPS) is 19.7. The SMILES string of the molecule is Cc1ccc2c(-c3ccc4ccccc4c3OC(C3(C)COC3)C3(C)COC3)c3cc(C)ccc3c(OCC3(C)COC3)c2c1. The third kappa shape index (κ3) is 4.70. The minimum Gasteiger partial charge on any atom is -0.492 e. The van der Waals surface area contributed by atoms with E-state index in [0.717, 1.165) is 57.2 Å². The van der Waals surface area contributed by atoms with Crippen LogP contribution in [0.4, 0.5) is 0 Å². The number of fused-ring (bicyclic) bond motifs is 3. The number of benzene rings is 5. The van der Waals surface area contributed by atoms with Gasteiger partial charge in [0, 0.05) is 32.7 Å². The van der Waals surface area contributed by atoms with Gasteiger partial charge in [0.05, 0.1) is 57.1 Å². The van der Waals surface area contributed by atoms with E-state index in [-0.39, 0.29) is 22.3 Å². The fourth-order valence-corrected chi connectivity index (χ4v) is 7.60. The molecule has 0 unspecified atom stereocenters. The van der Waals surface area contributed by atoms with Crippen LogP contribution >= 0.6 is 0 Å². The van der Waals surface area contributed by atoms with E-state index in [1.54, 1.807) is 0 Å². The molecule has 5 heteroatoms. The van der Waals surface area contributed by atoms with E-state index in [9.17, 15) is 0 Å².